The fourth-order valence-electron chi connectivity index (χ4n) is 1.90. The topological polar surface area (TPSA) is 35.2 Å². The van der Waals surface area contributed by atoms with Gasteiger partial charge in [0.1, 0.15) is 0 Å². The Morgan fingerprint density at radius 1 is 1.38 bits per heavy atom. The summed E-state index contributed by atoms with van der Waals surface area (Å²) in [5.74, 6) is 1.44. The van der Waals surface area contributed by atoms with Gasteiger partial charge in [0.2, 0.25) is 0 Å². The van der Waals surface area contributed by atoms with Crippen LogP contribution in [0.15, 0.2) is 0 Å². The lowest BCUT2D eigenvalue weighted by molar-refractivity contribution is 0.0241. The van der Waals surface area contributed by atoms with E-state index in [1.165, 1.54) is 12.8 Å². The summed E-state index contributed by atoms with van der Waals surface area (Å²) < 4.78 is 5.70. The Kier molecular flexibility index (Phi) is 4.20. The van der Waals surface area contributed by atoms with Crippen molar-refractivity contribution < 1.29 is 4.74 Å². The predicted molar refractivity (Wildman–Crippen MR) is 55.6 cm³/mol. The second-order valence-electron chi connectivity index (χ2n) is 4.55. The van der Waals surface area contributed by atoms with Gasteiger partial charge in [0, 0.05) is 12.6 Å². The minimum Gasteiger partial charge on any atom is -0.377 e. The van der Waals surface area contributed by atoms with Crippen LogP contribution in [0.2, 0.25) is 0 Å². The van der Waals surface area contributed by atoms with Crippen molar-refractivity contribution in [2.24, 2.45) is 17.6 Å². The number of nitrogens with two attached hydrogens (primary N) is 1. The lowest BCUT2D eigenvalue weighted by Gasteiger charge is -2.24. The van der Waals surface area contributed by atoms with Crippen LogP contribution in [-0.2, 0) is 4.74 Å². The standard InChI is InChI=1S/C11H23NO/c1-4-13-11(9-5-6-9)10(12)7-8(2)3/h8-11H,4-7,12H2,1-3H3. The first-order valence-electron chi connectivity index (χ1n) is 5.52. The molecule has 0 aliphatic heterocycles. The molecule has 0 spiro atoms. The van der Waals surface area contributed by atoms with Gasteiger partial charge in [0.25, 0.3) is 0 Å². The first-order chi connectivity index (χ1) is 6.15. The van der Waals surface area contributed by atoms with E-state index in [9.17, 15) is 0 Å². The molecule has 1 fully saturated rings. The molecule has 2 N–H and O–H groups in total. The molecule has 0 radical (unpaired) electrons. The lowest BCUT2D eigenvalue weighted by Crippen LogP contribution is -2.39. The van der Waals surface area contributed by atoms with E-state index in [2.05, 4.69) is 20.8 Å². The van der Waals surface area contributed by atoms with Gasteiger partial charge in [0.05, 0.1) is 6.10 Å². The SMILES string of the molecule is CCOC(C(N)CC(C)C)C1CC1. The zero-order chi connectivity index (χ0) is 9.84. The molecule has 2 atom stereocenters. The highest BCUT2D eigenvalue weighted by Crippen LogP contribution is 2.36. The molecule has 78 valence electrons. The highest BCUT2D eigenvalue weighted by Gasteiger charge is 2.35. The Morgan fingerprint density at radius 2 is 2.00 bits per heavy atom. The van der Waals surface area contributed by atoms with Crippen LogP contribution in [0, 0.1) is 11.8 Å². The Hall–Kier alpha value is -0.0800. The average Bonchev–Trinajstić information content (AvgIpc) is 2.81. The van der Waals surface area contributed by atoms with Gasteiger partial charge in [-0.2, -0.15) is 0 Å². The van der Waals surface area contributed by atoms with Crippen molar-refractivity contribution >= 4 is 0 Å². The van der Waals surface area contributed by atoms with Crippen molar-refractivity contribution in [2.45, 2.75) is 52.2 Å². The van der Waals surface area contributed by atoms with Gasteiger partial charge in [-0.05, 0) is 38.0 Å². The van der Waals surface area contributed by atoms with Crippen molar-refractivity contribution in [1.82, 2.24) is 0 Å². The molecule has 2 unspecified atom stereocenters. The Morgan fingerprint density at radius 3 is 2.38 bits per heavy atom. The summed E-state index contributed by atoms with van der Waals surface area (Å²) in [7, 11) is 0. The van der Waals surface area contributed by atoms with E-state index >= 15 is 0 Å². The van der Waals surface area contributed by atoms with Crippen LogP contribution in [0.1, 0.15) is 40.0 Å². The number of hydrogen-bond acceptors (Lipinski definition) is 2. The molecule has 2 nitrogen and oxygen atoms in total. The number of ether oxygens (including phenoxy) is 1. The minimum absolute atomic E-state index is 0.243. The maximum absolute atomic E-state index is 6.12. The molecular formula is C11H23NO. The zero-order valence-electron chi connectivity index (χ0n) is 9.12. The van der Waals surface area contributed by atoms with Crippen LogP contribution < -0.4 is 5.73 Å². The fraction of sp³-hybridized carbons (Fsp3) is 1.00. The predicted octanol–water partition coefficient (Wildman–Crippen LogP) is 2.17. The van der Waals surface area contributed by atoms with Gasteiger partial charge in [-0.3, -0.25) is 0 Å². The minimum atomic E-state index is 0.243. The van der Waals surface area contributed by atoms with Gasteiger partial charge in [-0.15, -0.1) is 0 Å². The van der Waals surface area contributed by atoms with Gasteiger partial charge >= 0.3 is 0 Å². The summed E-state index contributed by atoms with van der Waals surface area (Å²) in [6, 6.07) is 0.243. The highest BCUT2D eigenvalue weighted by atomic mass is 16.5. The maximum atomic E-state index is 6.12. The molecule has 1 aliphatic rings. The van der Waals surface area contributed by atoms with E-state index in [0.29, 0.717) is 12.0 Å². The molecule has 0 heterocycles. The summed E-state index contributed by atoms with van der Waals surface area (Å²) in [6.45, 7) is 7.29. The first-order valence-corrected chi connectivity index (χ1v) is 5.52. The number of rotatable bonds is 6. The van der Waals surface area contributed by atoms with Gasteiger partial charge in [-0.1, -0.05) is 13.8 Å². The van der Waals surface area contributed by atoms with Crippen LogP contribution in [-0.4, -0.2) is 18.8 Å². The van der Waals surface area contributed by atoms with Crippen molar-refractivity contribution in [1.29, 1.82) is 0 Å². The zero-order valence-corrected chi connectivity index (χ0v) is 9.12. The molecule has 13 heavy (non-hydrogen) atoms. The summed E-state index contributed by atoms with van der Waals surface area (Å²) in [4.78, 5) is 0. The van der Waals surface area contributed by atoms with Gasteiger partial charge in [0.15, 0.2) is 0 Å². The molecule has 0 bridgehead atoms. The molecule has 2 heteroatoms. The van der Waals surface area contributed by atoms with Crippen LogP contribution in [0.4, 0.5) is 0 Å². The quantitative estimate of drug-likeness (QED) is 0.688. The third kappa shape index (κ3) is 3.65. The van der Waals surface area contributed by atoms with Gasteiger partial charge < -0.3 is 10.5 Å². The van der Waals surface area contributed by atoms with Crippen LogP contribution >= 0.6 is 0 Å². The Balaban J connectivity index is 2.33. The first kappa shape index (κ1) is 11.0. The van der Waals surface area contributed by atoms with Crippen LogP contribution in [0.25, 0.3) is 0 Å². The smallest absolute Gasteiger partial charge is 0.0753 e. The van der Waals surface area contributed by atoms with Crippen molar-refractivity contribution in [2.75, 3.05) is 6.61 Å². The summed E-state index contributed by atoms with van der Waals surface area (Å²) in [5, 5.41) is 0. The van der Waals surface area contributed by atoms with E-state index in [1.54, 1.807) is 0 Å². The molecule has 1 saturated carbocycles. The molecule has 0 aromatic heterocycles. The summed E-state index contributed by atoms with van der Waals surface area (Å²) >= 11 is 0. The van der Waals surface area contributed by atoms with E-state index in [1.807, 2.05) is 0 Å². The van der Waals surface area contributed by atoms with Crippen LogP contribution in [0.5, 0.6) is 0 Å². The third-order valence-corrected chi connectivity index (χ3v) is 2.61. The van der Waals surface area contributed by atoms with Crippen molar-refractivity contribution in [3.8, 4) is 0 Å². The molecule has 0 amide bonds. The fourth-order valence-corrected chi connectivity index (χ4v) is 1.90. The summed E-state index contributed by atoms with van der Waals surface area (Å²) in [5.41, 5.74) is 6.12. The van der Waals surface area contributed by atoms with Gasteiger partial charge in [-0.25, -0.2) is 0 Å². The largest absolute Gasteiger partial charge is 0.377 e. The summed E-state index contributed by atoms with van der Waals surface area (Å²) in [6.07, 6.45) is 4.04. The molecule has 1 rings (SSSR count). The molecule has 1 aliphatic carbocycles. The average molecular weight is 185 g/mol. The van der Waals surface area contributed by atoms with Crippen LogP contribution in [0.3, 0.4) is 0 Å². The molecule has 0 aromatic rings. The van der Waals surface area contributed by atoms with E-state index in [-0.39, 0.29) is 6.04 Å². The van der Waals surface area contributed by atoms with E-state index < -0.39 is 0 Å². The highest BCUT2D eigenvalue weighted by molar-refractivity contribution is 4.89. The third-order valence-electron chi connectivity index (χ3n) is 2.61. The Bertz CT molecular complexity index is 143. The molecular weight excluding hydrogens is 162 g/mol. The normalized spacial score (nSPS) is 21.9. The Labute approximate surface area is 81.8 Å². The van der Waals surface area contributed by atoms with E-state index in [4.69, 9.17) is 10.5 Å². The monoisotopic (exact) mass is 185 g/mol. The van der Waals surface area contributed by atoms with Crippen molar-refractivity contribution in [3.63, 3.8) is 0 Å². The number of hydrogen-bond donors (Lipinski definition) is 1. The maximum Gasteiger partial charge on any atom is 0.0753 e. The molecule has 0 aromatic carbocycles. The van der Waals surface area contributed by atoms with Crippen molar-refractivity contribution in [3.05, 3.63) is 0 Å². The van der Waals surface area contributed by atoms with E-state index in [0.717, 1.165) is 18.9 Å². The lowest BCUT2D eigenvalue weighted by atomic mass is 9.97. The second kappa shape index (κ2) is 4.97. The second-order valence-corrected chi connectivity index (χ2v) is 4.55. The molecule has 0 saturated heterocycles.